The van der Waals surface area contributed by atoms with Crippen LogP contribution in [0.2, 0.25) is 0 Å². The van der Waals surface area contributed by atoms with Crippen molar-refractivity contribution in [1.82, 2.24) is 5.32 Å². The second-order valence-electron chi connectivity index (χ2n) is 5.11. The lowest BCUT2D eigenvalue weighted by molar-refractivity contribution is -0.0900. The first-order valence-corrected chi connectivity index (χ1v) is 9.90. The van der Waals surface area contributed by atoms with Crippen LogP contribution in [0.1, 0.15) is 47.5 Å². The smallest absolute Gasteiger partial charge is 0.382 e. The zero-order chi connectivity index (χ0) is 17.7. The molecule has 3 N–H and O–H groups in total. The standard InChI is InChI=1S/C14H32N4O4Si/c1-7-12(3)17-21-23(11-16-10-9-15,20-14(5)19-6)22-18-13(4)8-2/h14,16H,7-11,15H2,1-6H3/b17-12+,18-13+. The number of rotatable bonds is 13. The molecule has 0 aromatic heterocycles. The van der Waals surface area contributed by atoms with E-state index < -0.39 is 15.1 Å². The van der Waals surface area contributed by atoms with Gasteiger partial charge in [-0.2, -0.15) is 0 Å². The predicted octanol–water partition coefficient (Wildman–Crippen LogP) is 1.63. The average Bonchev–Trinajstić information content (AvgIpc) is 2.57. The maximum Gasteiger partial charge on any atom is 0.690 e. The van der Waals surface area contributed by atoms with Crippen LogP contribution in [0, 0.1) is 0 Å². The summed E-state index contributed by atoms with van der Waals surface area (Å²) in [5, 5.41) is 11.4. The Morgan fingerprint density at radius 1 is 1.13 bits per heavy atom. The Labute approximate surface area is 140 Å². The van der Waals surface area contributed by atoms with Crippen molar-refractivity contribution in [2.24, 2.45) is 16.0 Å². The summed E-state index contributed by atoms with van der Waals surface area (Å²) < 4.78 is 22.4. The zero-order valence-corrected chi connectivity index (χ0v) is 16.2. The first-order valence-electron chi connectivity index (χ1n) is 7.97. The molecule has 0 aromatic carbocycles. The maximum atomic E-state index is 5.88. The van der Waals surface area contributed by atoms with Gasteiger partial charge in [0.1, 0.15) is 6.29 Å². The largest absolute Gasteiger partial charge is 0.690 e. The third kappa shape index (κ3) is 9.67. The summed E-state index contributed by atoms with van der Waals surface area (Å²) in [5.74, 6) is 0. The molecule has 1 atom stereocenters. The molecule has 0 rings (SSSR count). The van der Waals surface area contributed by atoms with Crippen LogP contribution in [-0.4, -0.2) is 52.9 Å². The zero-order valence-electron chi connectivity index (χ0n) is 15.2. The number of methoxy groups -OCH3 is 1. The van der Waals surface area contributed by atoms with Gasteiger partial charge in [-0.15, -0.1) is 10.3 Å². The van der Waals surface area contributed by atoms with Gasteiger partial charge in [0, 0.05) is 20.2 Å². The van der Waals surface area contributed by atoms with Gasteiger partial charge in [0.2, 0.25) is 0 Å². The van der Waals surface area contributed by atoms with E-state index in [1.807, 2.05) is 27.7 Å². The van der Waals surface area contributed by atoms with Crippen LogP contribution in [0.15, 0.2) is 10.3 Å². The number of hydrogen-bond donors (Lipinski definition) is 2. The highest BCUT2D eigenvalue weighted by atomic mass is 28.4. The second kappa shape index (κ2) is 12.4. The van der Waals surface area contributed by atoms with Gasteiger partial charge < -0.3 is 29.3 Å². The lowest BCUT2D eigenvalue weighted by atomic mass is 10.3. The molecule has 0 aromatic rings. The third-order valence-electron chi connectivity index (χ3n) is 3.04. The highest BCUT2D eigenvalue weighted by Crippen LogP contribution is 2.15. The SMILES string of the molecule is CC/C(C)=N/O[Si](CNCCN)(O/N=C(\C)CC)OC(C)OC. The normalized spacial score (nSPS) is 16.8. The molecule has 23 heavy (non-hydrogen) atoms. The van der Waals surface area contributed by atoms with Crippen molar-refractivity contribution in [1.29, 1.82) is 0 Å². The minimum Gasteiger partial charge on any atom is -0.382 e. The quantitative estimate of drug-likeness (QED) is 0.172. The topological polar surface area (TPSA) is 99.7 Å². The maximum absolute atomic E-state index is 5.88. The van der Waals surface area contributed by atoms with E-state index in [1.165, 1.54) is 0 Å². The molecule has 0 fully saturated rings. The Bertz CT molecular complexity index is 358. The molecule has 9 heteroatoms. The van der Waals surface area contributed by atoms with Gasteiger partial charge in [0.25, 0.3) is 0 Å². The second-order valence-corrected chi connectivity index (χ2v) is 7.43. The number of oxime groups is 2. The van der Waals surface area contributed by atoms with Gasteiger partial charge in [0.15, 0.2) is 0 Å². The molecule has 0 aliphatic rings. The molecule has 0 heterocycles. The van der Waals surface area contributed by atoms with Gasteiger partial charge in [-0.25, -0.2) is 0 Å². The van der Waals surface area contributed by atoms with Gasteiger partial charge in [-0.1, -0.05) is 13.8 Å². The molecule has 0 bridgehead atoms. The summed E-state index contributed by atoms with van der Waals surface area (Å²) in [4.78, 5) is 0. The Morgan fingerprint density at radius 3 is 2.04 bits per heavy atom. The van der Waals surface area contributed by atoms with Crippen molar-refractivity contribution in [3.05, 3.63) is 0 Å². The van der Waals surface area contributed by atoms with Crippen LogP contribution in [0.5, 0.6) is 0 Å². The van der Waals surface area contributed by atoms with E-state index in [2.05, 4.69) is 15.6 Å². The molecule has 0 spiro atoms. The predicted molar refractivity (Wildman–Crippen MR) is 94.2 cm³/mol. The van der Waals surface area contributed by atoms with Crippen molar-refractivity contribution in [2.75, 3.05) is 26.4 Å². The highest BCUT2D eigenvalue weighted by Gasteiger charge is 2.49. The van der Waals surface area contributed by atoms with Gasteiger partial charge in [-0.3, -0.25) is 0 Å². The molecule has 0 amide bonds. The van der Waals surface area contributed by atoms with Crippen LogP contribution < -0.4 is 11.1 Å². The van der Waals surface area contributed by atoms with Crippen LogP contribution in [0.4, 0.5) is 0 Å². The fourth-order valence-electron chi connectivity index (χ4n) is 1.23. The fourth-order valence-corrected chi connectivity index (χ4v) is 3.24. The molecule has 0 aliphatic heterocycles. The summed E-state index contributed by atoms with van der Waals surface area (Å²) in [6, 6.07) is 0. The summed E-state index contributed by atoms with van der Waals surface area (Å²) in [5.41, 5.74) is 7.21. The molecule has 0 radical (unpaired) electrons. The van der Waals surface area contributed by atoms with E-state index in [4.69, 9.17) is 23.9 Å². The average molecular weight is 349 g/mol. The van der Waals surface area contributed by atoms with Gasteiger partial charge in [0.05, 0.1) is 17.6 Å². The fraction of sp³-hybridized carbons (Fsp3) is 0.857. The molecule has 0 saturated carbocycles. The molecular formula is C14H32N4O4Si. The van der Waals surface area contributed by atoms with Gasteiger partial charge >= 0.3 is 8.80 Å². The molecule has 1 unspecified atom stereocenters. The summed E-state index contributed by atoms with van der Waals surface area (Å²) in [7, 11) is -1.69. The minimum absolute atomic E-state index is 0.332. The Balaban J connectivity index is 5.30. The monoisotopic (exact) mass is 348 g/mol. The van der Waals surface area contributed by atoms with Crippen LogP contribution in [0.3, 0.4) is 0 Å². The summed E-state index contributed by atoms with van der Waals surface area (Å²) in [6.07, 6.45) is 1.38. The van der Waals surface area contributed by atoms with Crippen molar-refractivity contribution in [2.45, 2.75) is 53.8 Å². The lowest BCUT2D eigenvalue weighted by Crippen LogP contribution is -2.55. The molecular weight excluding hydrogens is 316 g/mol. The lowest BCUT2D eigenvalue weighted by Gasteiger charge is -2.27. The highest BCUT2D eigenvalue weighted by molar-refractivity contribution is 6.61. The van der Waals surface area contributed by atoms with Crippen molar-refractivity contribution in [3.63, 3.8) is 0 Å². The van der Waals surface area contributed by atoms with Crippen LogP contribution in [0.25, 0.3) is 0 Å². The van der Waals surface area contributed by atoms with E-state index >= 15 is 0 Å². The minimum atomic E-state index is -3.24. The summed E-state index contributed by atoms with van der Waals surface area (Å²) in [6.45, 7) is 10.6. The van der Waals surface area contributed by atoms with E-state index in [1.54, 1.807) is 14.0 Å². The van der Waals surface area contributed by atoms with Crippen molar-refractivity contribution >= 4 is 20.2 Å². The number of hydrogen-bond acceptors (Lipinski definition) is 8. The first kappa shape index (κ1) is 22.0. The van der Waals surface area contributed by atoms with E-state index in [-0.39, 0.29) is 0 Å². The Morgan fingerprint density at radius 2 is 1.65 bits per heavy atom. The summed E-state index contributed by atoms with van der Waals surface area (Å²) >= 11 is 0. The Kier molecular flexibility index (Phi) is 11.9. The van der Waals surface area contributed by atoms with Crippen LogP contribution >= 0.6 is 0 Å². The van der Waals surface area contributed by atoms with Crippen LogP contribution in [-0.2, 0) is 18.2 Å². The third-order valence-corrected chi connectivity index (χ3v) is 5.16. The Hall–Kier alpha value is -1.00. The van der Waals surface area contributed by atoms with Gasteiger partial charge in [-0.05, 0) is 33.6 Å². The number of nitrogens with one attached hydrogen (secondary N) is 1. The van der Waals surface area contributed by atoms with E-state index in [0.717, 1.165) is 24.3 Å². The molecule has 8 nitrogen and oxygen atoms in total. The molecule has 136 valence electrons. The number of nitrogens with zero attached hydrogens (tertiary/aromatic N) is 2. The van der Waals surface area contributed by atoms with Crippen molar-refractivity contribution < 1.29 is 18.2 Å². The first-order chi connectivity index (χ1) is 10.9. The molecule has 0 aliphatic carbocycles. The van der Waals surface area contributed by atoms with Crippen molar-refractivity contribution in [3.8, 4) is 0 Å². The van der Waals surface area contributed by atoms with E-state index in [9.17, 15) is 0 Å². The molecule has 0 saturated heterocycles. The number of ether oxygens (including phenoxy) is 1. The van der Waals surface area contributed by atoms with E-state index in [0.29, 0.717) is 19.3 Å². The number of nitrogens with two attached hydrogens (primary N) is 1.